The SMILES string of the molecule is CC1C=C(Cl)NC(=O)C([N+](=O)[O-])=CC1. The van der Waals surface area contributed by atoms with E-state index < -0.39 is 16.5 Å². The van der Waals surface area contributed by atoms with Gasteiger partial charge in [0, 0.05) is 6.08 Å². The minimum absolute atomic E-state index is 0.0676. The Hall–Kier alpha value is -1.36. The molecule has 1 rings (SSSR count). The first-order chi connectivity index (χ1) is 6.50. The first-order valence-corrected chi connectivity index (χ1v) is 4.41. The summed E-state index contributed by atoms with van der Waals surface area (Å²) in [5.41, 5.74) is -0.455. The summed E-state index contributed by atoms with van der Waals surface area (Å²) >= 11 is 5.63. The fraction of sp³-hybridized carbons (Fsp3) is 0.375. The fourth-order valence-electron chi connectivity index (χ4n) is 1.08. The van der Waals surface area contributed by atoms with Crippen LogP contribution in [0.15, 0.2) is 23.0 Å². The number of halogens is 1. The summed E-state index contributed by atoms with van der Waals surface area (Å²) in [5, 5.41) is 12.8. The molecule has 76 valence electrons. The molecule has 0 aliphatic carbocycles. The fourth-order valence-corrected chi connectivity index (χ4v) is 1.38. The third kappa shape index (κ3) is 2.56. The van der Waals surface area contributed by atoms with Gasteiger partial charge in [0.25, 0.3) is 0 Å². The van der Waals surface area contributed by atoms with Gasteiger partial charge in [0.2, 0.25) is 0 Å². The number of amides is 1. The maximum absolute atomic E-state index is 11.2. The summed E-state index contributed by atoms with van der Waals surface area (Å²) in [6.45, 7) is 1.86. The Morgan fingerprint density at radius 3 is 2.93 bits per heavy atom. The van der Waals surface area contributed by atoms with Gasteiger partial charge in [0.15, 0.2) is 0 Å². The quantitative estimate of drug-likeness (QED) is 0.409. The van der Waals surface area contributed by atoms with Gasteiger partial charge in [-0.15, -0.1) is 0 Å². The highest BCUT2D eigenvalue weighted by Crippen LogP contribution is 2.15. The number of allylic oxidation sites excluding steroid dienone is 2. The molecule has 0 bridgehead atoms. The van der Waals surface area contributed by atoms with E-state index in [9.17, 15) is 14.9 Å². The van der Waals surface area contributed by atoms with Crippen LogP contribution in [0.4, 0.5) is 0 Å². The first-order valence-electron chi connectivity index (χ1n) is 4.04. The van der Waals surface area contributed by atoms with Crippen LogP contribution in [0.2, 0.25) is 0 Å². The number of nitrogens with zero attached hydrogens (tertiary/aromatic N) is 1. The zero-order valence-electron chi connectivity index (χ0n) is 7.49. The van der Waals surface area contributed by atoms with Crippen molar-refractivity contribution in [2.75, 3.05) is 0 Å². The van der Waals surface area contributed by atoms with Gasteiger partial charge in [0.05, 0.1) is 4.92 Å². The molecule has 1 heterocycles. The lowest BCUT2D eigenvalue weighted by atomic mass is 10.1. The second-order valence-corrected chi connectivity index (χ2v) is 3.44. The number of hydrogen-bond acceptors (Lipinski definition) is 3. The van der Waals surface area contributed by atoms with E-state index in [1.54, 1.807) is 6.08 Å². The molecule has 1 amide bonds. The largest absolute Gasteiger partial charge is 0.329 e. The standard InChI is InChI=1S/C8H9ClN2O3/c1-5-2-3-6(11(13)14)8(12)10-7(9)4-5/h3-5H,2H2,1H3,(H,10,12). The van der Waals surface area contributed by atoms with Crippen molar-refractivity contribution in [1.29, 1.82) is 0 Å². The van der Waals surface area contributed by atoms with Gasteiger partial charge in [-0.05, 0) is 18.4 Å². The Labute approximate surface area is 85.6 Å². The van der Waals surface area contributed by atoms with Crippen molar-refractivity contribution >= 4 is 17.5 Å². The van der Waals surface area contributed by atoms with Crippen molar-refractivity contribution < 1.29 is 9.72 Å². The Morgan fingerprint density at radius 2 is 2.36 bits per heavy atom. The monoisotopic (exact) mass is 216 g/mol. The van der Waals surface area contributed by atoms with Crippen molar-refractivity contribution in [3.05, 3.63) is 33.1 Å². The topological polar surface area (TPSA) is 72.2 Å². The molecule has 0 spiro atoms. The van der Waals surface area contributed by atoms with Crippen LogP contribution in [0.3, 0.4) is 0 Å². The molecule has 0 aromatic rings. The van der Waals surface area contributed by atoms with Crippen molar-refractivity contribution in [3.8, 4) is 0 Å². The minimum Gasteiger partial charge on any atom is -0.307 e. The summed E-state index contributed by atoms with van der Waals surface area (Å²) in [5.74, 6) is -0.707. The average Bonchev–Trinajstić information content (AvgIpc) is 2.00. The molecule has 1 unspecified atom stereocenters. The molecule has 5 nitrogen and oxygen atoms in total. The van der Waals surface area contributed by atoms with Crippen LogP contribution in [0, 0.1) is 16.0 Å². The number of nitro groups is 1. The molecule has 1 N–H and O–H groups in total. The molecule has 1 atom stereocenters. The van der Waals surface area contributed by atoms with E-state index in [1.807, 2.05) is 6.92 Å². The number of hydrogen-bond donors (Lipinski definition) is 1. The molecular formula is C8H9ClN2O3. The van der Waals surface area contributed by atoms with Crippen molar-refractivity contribution in [2.45, 2.75) is 13.3 Å². The third-order valence-electron chi connectivity index (χ3n) is 1.78. The molecule has 0 radical (unpaired) electrons. The van der Waals surface area contributed by atoms with E-state index >= 15 is 0 Å². The average molecular weight is 217 g/mol. The molecular weight excluding hydrogens is 208 g/mol. The van der Waals surface area contributed by atoms with E-state index in [2.05, 4.69) is 5.32 Å². The van der Waals surface area contributed by atoms with Crippen LogP contribution in [0.5, 0.6) is 0 Å². The summed E-state index contributed by atoms with van der Waals surface area (Å²) in [6.07, 6.45) is 3.38. The van der Waals surface area contributed by atoms with E-state index in [0.717, 1.165) is 0 Å². The normalized spacial score (nSPS) is 22.7. The molecule has 1 aliphatic rings. The van der Waals surface area contributed by atoms with Crippen LogP contribution in [0.1, 0.15) is 13.3 Å². The van der Waals surface area contributed by atoms with Crippen molar-refractivity contribution in [3.63, 3.8) is 0 Å². The molecule has 0 aromatic carbocycles. The van der Waals surface area contributed by atoms with Crippen LogP contribution in [-0.2, 0) is 4.79 Å². The highest BCUT2D eigenvalue weighted by molar-refractivity contribution is 6.30. The smallest absolute Gasteiger partial charge is 0.307 e. The predicted molar refractivity (Wildman–Crippen MR) is 50.9 cm³/mol. The van der Waals surface area contributed by atoms with Gasteiger partial charge in [-0.3, -0.25) is 14.9 Å². The molecule has 0 fully saturated rings. The maximum Gasteiger partial charge on any atom is 0.329 e. The molecule has 6 heteroatoms. The zero-order valence-corrected chi connectivity index (χ0v) is 8.25. The van der Waals surface area contributed by atoms with Crippen molar-refractivity contribution in [1.82, 2.24) is 5.32 Å². The summed E-state index contributed by atoms with van der Waals surface area (Å²) in [6, 6.07) is 0. The van der Waals surface area contributed by atoms with Gasteiger partial charge in [0.1, 0.15) is 5.16 Å². The lowest BCUT2D eigenvalue weighted by Crippen LogP contribution is -2.27. The van der Waals surface area contributed by atoms with Gasteiger partial charge in [-0.2, -0.15) is 0 Å². The van der Waals surface area contributed by atoms with Crippen LogP contribution >= 0.6 is 11.6 Å². The molecule has 14 heavy (non-hydrogen) atoms. The lowest BCUT2D eigenvalue weighted by molar-refractivity contribution is -0.419. The first kappa shape index (κ1) is 10.7. The number of carbonyl (C=O) groups excluding carboxylic acids is 1. The maximum atomic E-state index is 11.2. The minimum atomic E-state index is -0.775. The number of nitrogens with one attached hydrogen (secondary N) is 1. The summed E-state index contributed by atoms with van der Waals surface area (Å²) < 4.78 is 0. The Bertz CT molecular complexity index is 335. The van der Waals surface area contributed by atoms with Gasteiger partial charge < -0.3 is 5.32 Å². The van der Waals surface area contributed by atoms with Gasteiger partial charge in [-0.1, -0.05) is 18.5 Å². The Balaban J connectivity index is 2.94. The summed E-state index contributed by atoms with van der Waals surface area (Å²) in [7, 11) is 0. The second-order valence-electron chi connectivity index (χ2n) is 3.03. The van der Waals surface area contributed by atoms with Crippen LogP contribution in [-0.4, -0.2) is 10.8 Å². The number of carbonyl (C=O) groups is 1. The lowest BCUT2D eigenvalue weighted by Gasteiger charge is -2.09. The van der Waals surface area contributed by atoms with E-state index in [0.29, 0.717) is 6.42 Å². The van der Waals surface area contributed by atoms with E-state index in [1.165, 1.54) is 6.08 Å². The van der Waals surface area contributed by atoms with Crippen molar-refractivity contribution in [2.24, 2.45) is 5.92 Å². The molecule has 1 aliphatic heterocycles. The highest BCUT2D eigenvalue weighted by atomic mass is 35.5. The van der Waals surface area contributed by atoms with Crippen LogP contribution in [0.25, 0.3) is 0 Å². The predicted octanol–water partition coefficient (Wildman–Crippen LogP) is 1.38. The third-order valence-corrected chi connectivity index (χ3v) is 2.00. The second kappa shape index (κ2) is 4.23. The zero-order chi connectivity index (χ0) is 10.7. The Morgan fingerprint density at radius 1 is 1.71 bits per heavy atom. The molecule has 0 aromatic heterocycles. The van der Waals surface area contributed by atoms with E-state index in [4.69, 9.17) is 11.6 Å². The van der Waals surface area contributed by atoms with E-state index in [-0.39, 0.29) is 11.1 Å². The highest BCUT2D eigenvalue weighted by Gasteiger charge is 2.23. The van der Waals surface area contributed by atoms with Gasteiger partial charge in [-0.25, -0.2) is 0 Å². The van der Waals surface area contributed by atoms with Crippen LogP contribution < -0.4 is 5.32 Å². The molecule has 0 saturated heterocycles. The summed E-state index contributed by atoms with van der Waals surface area (Å²) in [4.78, 5) is 20.9. The molecule has 0 saturated carbocycles. The number of rotatable bonds is 1. The Kier molecular flexibility index (Phi) is 3.24. The van der Waals surface area contributed by atoms with Gasteiger partial charge >= 0.3 is 11.6 Å².